The average molecular weight is 265 g/mol. The molecule has 0 bridgehead atoms. The summed E-state index contributed by atoms with van der Waals surface area (Å²) in [6, 6.07) is 8.35. The van der Waals surface area contributed by atoms with Gasteiger partial charge < -0.3 is 14.8 Å². The van der Waals surface area contributed by atoms with Crippen LogP contribution in [-0.4, -0.2) is 26.9 Å². The highest BCUT2D eigenvalue weighted by molar-refractivity contribution is 5.29. The van der Waals surface area contributed by atoms with Gasteiger partial charge in [-0.05, 0) is 44.0 Å². The van der Waals surface area contributed by atoms with Crippen molar-refractivity contribution in [1.82, 2.24) is 5.32 Å². The third kappa shape index (κ3) is 5.21. The summed E-state index contributed by atoms with van der Waals surface area (Å²) in [6.07, 6.45) is 1.25. The highest BCUT2D eigenvalue weighted by atomic mass is 16.5. The van der Waals surface area contributed by atoms with E-state index in [1.54, 1.807) is 7.11 Å². The summed E-state index contributed by atoms with van der Waals surface area (Å²) >= 11 is 0. The molecule has 2 unspecified atom stereocenters. The van der Waals surface area contributed by atoms with E-state index in [9.17, 15) is 0 Å². The van der Waals surface area contributed by atoms with Gasteiger partial charge in [-0.2, -0.15) is 0 Å². The molecule has 0 aliphatic rings. The van der Waals surface area contributed by atoms with Gasteiger partial charge in [-0.1, -0.05) is 26.0 Å². The molecule has 1 aromatic rings. The van der Waals surface area contributed by atoms with E-state index in [-0.39, 0.29) is 12.1 Å². The Balaban J connectivity index is 2.59. The minimum Gasteiger partial charge on any atom is -0.497 e. The molecule has 0 heterocycles. The van der Waals surface area contributed by atoms with Crippen molar-refractivity contribution >= 4 is 0 Å². The second-order valence-electron chi connectivity index (χ2n) is 5.30. The van der Waals surface area contributed by atoms with Crippen molar-refractivity contribution in [3.63, 3.8) is 0 Å². The first-order valence-electron chi connectivity index (χ1n) is 7.01. The van der Waals surface area contributed by atoms with Crippen molar-refractivity contribution < 1.29 is 9.47 Å². The van der Waals surface area contributed by atoms with E-state index < -0.39 is 0 Å². The van der Waals surface area contributed by atoms with E-state index in [1.165, 1.54) is 5.56 Å². The van der Waals surface area contributed by atoms with E-state index in [0.29, 0.717) is 5.92 Å². The highest BCUT2D eigenvalue weighted by Gasteiger charge is 2.18. The third-order valence-corrected chi connectivity index (χ3v) is 3.33. The summed E-state index contributed by atoms with van der Waals surface area (Å²) in [5.74, 6) is 1.56. The minimum atomic E-state index is 0.150. The van der Waals surface area contributed by atoms with Gasteiger partial charge in [0.1, 0.15) is 5.75 Å². The maximum absolute atomic E-state index is 5.92. The number of nitrogens with one attached hydrogen (secondary N) is 1. The van der Waals surface area contributed by atoms with Crippen LogP contribution in [-0.2, 0) is 4.74 Å². The van der Waals surface area contributed by atoms with Gasteiger partial charge in [0.15, 0.2) is 0 Å². The third-order valence-electron chi connectivity index (χ3n) is 3.33. The standard InChI is InChI=1S/C16H27NO2/c1-12(2)10-11-19-13(3)16(17-4)14-6-8-15(18-5)9-7-14/h6-9,12-13,16-17H,10-11H2,1-5H3. The van der Waals surface area contributed by atoms with Gasteiger partial charge in [0.25, 0.3) is 0 Å². The van der Waals surface area contributed by atoms with Crippen LogP contribution in [0.5, 0.6) is 5.75 Å². The molecule has 0 saturated heterocycles. The molecule has 3 heteroatoms. The molecule has 0 aromatic heterocycles. The lowest BCUT2D eigenvalue weighted by molar-refractivity contribution is 0.0343. The molecule has 2 atom stereocenters. The zero-order chi connectivity index (χ0) is 14.3. The molecule has 108 valence electrons. The number of ether oxygens (including phenoxy) is 2. The maximum atomic E-state index is 5.92. The van der Waals surface area contributed by atoms with Gasteiger partial charge in [-0.3, -0.25) is 0 Å². The molecule has 0 radical (unpaired) electrons. The SMILES string of the molecule is CNC(c1ccc(OC)cc1)C(C)OCCC(C)C. The molecular weight excluding hydrogens is 238 g/mol. The summed E-state index contributed by atoms with van der Waals surface area (Å²) in [5, 5.41) is 3.33. The summed E-state index contributed by atoms with van der Waals surface area (Å²) < 4.78 is 11.1. The predicted molar refractivity (Wildman–Crippen MR) is 79.7 cm³/mol. The number of likely N-dealkylation sites (N-methyl/N-ethyl adjacent to an activating group) is 1. The Morgan fingerprint density at radius 1 is 1.11 bits per heavy atom. The fourth-order valence-electron chi connectivity index (χ4n) is 2.07. The van der Waals surface area contributed by atoms with Crippen molar-refractivity contribution in [2.75, 3.05) is 20.8 Å². The lowest BCUT2D eigenvalue weighted by Gasteiger charge is -2.25. The predicted octanol–water partition coefficient (Wildman–Crippen LogP) is 3.41. The molecule has 0 aliphatic carbocycles. The van der Waals surface area contributed by atoms with Gasteiger partial charge in [0.2, 0.25) is 0 Å². The first kappa shape index (κ1) is 16.0. The Labute approximate surface area is 117 Å². The number of benzene rings is 1. The quantitative estimate of drug-likeness (QED) is 0.781. The zero-order valence-corrected chi connectivity index (χ0v) is 12.8. The molecule has 0 spiro atoms. The second-order valence-corrected chi connectivity index (χ2v) is 5.30. The zero-order valence-electron chi connectivity index (χ0n) is 12.8. The second kappa shape index (κ2) is 8.18. The van der Waals surface area contributed by atoms with Gasteiger partial charge in [0.05, 0.1) is 19.3 Å². The van der Waals surface area contributed by atoms with Crippen LogP contribution < -0.4 is 10.1 Å². The normalized spacial score (nSPS) is 14.4. The fourth-order valence-corrected chi connectivity index (χ4v) is 2.07. The Kier molecular flexibility index (Phi) is 6.89. The first-order chi connectivity index (χ1) is 9.08. The van der Waals surface area contributed by atoms with Crippen molar-refractivity contribution in [2.24, 2.45) is 5.92 Å². The first-order valence-corrected chi connectivity index (χ1v) is 7.01. The number of hydrogen-bond acceptors (Lipinski definition) is 3. The summed E-state index contributed by atoms with van der Waals surface area (Å²) in [4.78, 5) is 0. The molecular formula is C16H27NO2. The molecule has 3 nitrogen and oxygen atoms in total. The molecule has 1 aromatic carbocycles. The summed E-state index contributed by atoms with van der Waals surface area (Å²) in [5.41, 5.74) is 1.22. The number of rotatable bonds is 8. The smallest absolute Gasteiger partial charge is 0.118 e. The molecule has 1 N–H and O–H groups in total. The van der Waals surface area contributed by atoms with Gasteiger partial charge >= 0.3 is 0 Å². The molecule has 0 amide bonds. The number of hydrogen-bond donors (Lipinski definition) is 1. The average Bonchev–Trinajstić information content (AvgIpc) is 2.40. The van der Waals surface area contributed by atoms with Gasteiger partial charge in [-0.15, -0.1) is 0 Å². The minimum absolute atomic E-state index is 0.150. The molecule has 0 saturated carbocycles. The Bertz CT molecular complexity index is 348. The van der Waals surface area contributed by atoms with Crippen molar-refractivity contribution in [1.29, 1.82) is 0 Å². The van der Waals surface area contributed by atoms with Crippen LogP contribution >= 0.6 is 0 Å². The maximum Gasteiger partial charge on any atom is 0.118 e. The van der Waals surface area contributed by atoms with E-state index in [2.05, 4.69) is 38.2 Å². The number of methoxy groups -OCH3 is 1. The lowest BCUT2D eigenvalue weighted by Crippen LogP contribution is -2.30. The Morgan fingerprint density at radius 2 is 1.74 bits per heavy atom. The Morgan fingerprint density at radius 3 is 2.21 bits per heavy atom. The topological polar surface area (TPSA) is 30.5 Å². The van der Waals surface area contributed by atoms with E-state index in [0.717, 1.165) is 18.8 Å². The monoisotopic (exact) mass is 265 g/mol. The van der Waals surface area contributed by atoms with Crippen LogP contribution in [0.25, 0.3) is 0 Å². The molecule has 1 rings (SSSR count). The molecule has 0 aliphatic heterocycles. The van der Waals surface area contributed by atoms with Crippen LogP contribution in [0.4, 0.5) is 0 Å². The van der Waals surface area contributed by atoms with Crippen molar-refractivity contribution in [3.05, 3.63) is 29.8 Å². The van der Waals surface area contributed by atoms with Gasteiger partial charge in [0, 0.05) is 6.61 Å². The van der Waals surface area contributed by atoms with Crippen LogP contribution in [0.3, 0.4) is 0 Å². The van der Waals surface area contributed by atoms with Crippen LogP contribution in [0.2, 0.25) is 0 Å². The highest BCUT2D eigenvalue weighted by Crippen LogP contribution is 2.22. The van der Waals surface area contributed by atoms with Crippen LogP contribution in [0.15, 0.2) is 24.3 Å². The van der Waals surface area contributed by atoms with Crippen molar-refractivity contribution in [3.8, 4) is 5.75 Å². The Hall–Kier alpha value is -1.06. The van der Waals surface area contributed by atoms with Gasteiger partial charge in [-0.25, -0.2) is 0 Å². The van der Waals surface area contributed by atoms with E-state index in [4.69, 9.17) is 9.47 Å². The van der Waals surface area contributed by atoms with E-state index in [1.807, 2.05) is 19.2 Å². The lowest BCUT2D eigenvalue weighted by atomic mass is 10.0. The van der Waals surface area contributed by atoms with Crippen LogP contribution in [0.1, 0.15) is 38.8 Å². The molecule has 0 fully saturated rings. The largest absolute Gasteiger partial charge is 0.497 e. The van der Waals surface area contributed by atoms with E-state index >= 15 is 0 Å². The summed E-state index contributed by atoms with van der Waals surface area (Å²) in [7, 11) is 3.65. The van der Waals surface area contributed by atoms with Crippen LogP contribution in [0, 0.1) is 5.92 Å². The molecule has 19 heavy (non-hydrogen) atoms. The summed E-state index contributed by atoms with van der Waals surface area (Å²) in [6.45, 7) is 7.36. The fraction of sp³-hybridized carbons (Fsp3) is 0.625. The van der Waals surface area contributed by atoms with Crippen molar-refractivity contribution in [2.45, 2.75) is 39.3 Å².